The van der Waals surface area contributed by atoms with Gasteiger partial charge in [0.15, 0.2) is 5.78 Å². The van der Waals surface area contributed by atoms with Crippen LogP contribution in [0.1, 0.15) is 32.9 Å². The van der Waals surface area contributed by atoms with Crippen LogP contribution >= 0.6 is 11.3 Å². The lowest BCUT2D eigenvalue weighted by atomic mass is 10.1. The zero-order valence-electron chi connectivity index (χ0n) is 11.0. The van der Waals surface area contributed by atoms with E-state index in [9.17, 15) is 14.4 Å². The standard InChI is InChI=1S/C15H13NO4S/c17-12(13-6-3-9-21-13)7-8-14(18)16-11-5-2-1-4-10(11)15(19)20/h1-6,9H,7-8H2,(H,16,18)(H,19,20). The lowest BCUT2D eigenvalue weighted by Gasteiger charge is -2.07. The van der Waals surface area contributed by atoms with Gasteiger partial charge in [-0.15, -0.1) is 11.3 Å². The van der Waals surface area contributed by atoms with Crippen LogP contribution in [0.5, 0.6) is 0 Å². The van der Waals surface area contributed by atoms with E-state index in [1.165, 1.54) is 23.5 Å². The van der Waals surface area contributed by atoms with Crippen molar-refractivity contribution >= 4 is 34.7 Å². The highest BCUT2D eigenvalue weighted by molar-refractivity contribution is 7.12. The van der Waals surface area contributed by atoms with Crippen LogP contribution in [-0.2, 0) is 4.79 Å². The molecule has 0 unspecified atom stereocenters. The van der Waals surface area contributed by atoms with Crippen LogP contribution in [0, 0.1) is 0 Å². The van der Waals surface area contributed by atoms with Gasteiger partial charge in [-0.2, -0.15) is 0 Å². The van der Waals surface area contributed by atoms with Crippen molar-refractivity contribution in [2.24, 2.45) is 0 Å². The van der Waals surface area contributed by atoms with E-state index >= 15 is 0 Å². The fourth-order valence-electron chi connectivity index (χ4n) is 1.78. The molecule has 0 aliphatic carbocycles. The summed E-state index contributed by atoms with van der Waals surface area (Å²) in [4.78, 5) is 35.2. The Balaban J connectivity index is 1.93. The first-order valence-electron chi connectivity index (χ1n) is 6.27. The van der Waals surface area contributed by atoms with Crippen molar-refractivity contribution in [3.8, 4) is 0 Å². The molecule has 1 aromatic carbocycles. The molecule has 5 nitrogen and oxygen atoms in total. The summed E-state index contributed by atoms with van der Waals surface area (Å²) in [6.07, 6.45) is 0.117. The molecule has 2 aromatic rings. The Hall–Kier alpha value is -2.47. The van der Waals surface area contributed by atoms with Gasteiger partial charge in [-0.1, -0.05) is 18.2 Å². The molecule has 0 radical (unpaired) electrons. The summed E-state index contributed by atoms with van der Waals surface area (Å²) in [6.45, 7) is 0. The van der Waals surface area contributed by atoms with Crippen molar-refractivity contribution < 1.29 is 19.5 Å². The molecule has 0 fully saturated rings. The van der Waals surface area contributed by atoms with Gasteiger partial charge in [-0.05, 0) is 23.6 Å². The second-order valence-corrected chi connectivity index (χ2v) is 5.25. The molecule has 108 valence electrons. The maximum atomic E-state index is 11.8. The number of para-hydroxylation sites is 1. The Labute approximate surface area is 125 Å². The molecule has 1 heterocycles. The summed E-state index contributed by atoms with van der Waals surface area (Å²) in [7, 11) is 0. The van der Waals surface area contributed by atoms with Crippen molar-refractivity contribution in [3.05, 3.63) is 52.2 Å². The number of ketones is 1. The number of benzene rings is 1. The summed E-state index contributed by atoms with van der Waals surface area (Å²) in [6, 6.07) is 9.64. The first-order valence-corrected chi connectivity index (χ1v) is 7.15. The number of amides is 1. The first kappa shape index (κ1) is 14.9. The van der Waals surface area contributed by atoms with Crippen LogP contribution in [0.15, 0.2) is 41.8 Å². The molecule has 0 saturated heterocycles. The molecule has 0 bridgehead atoms. The second kappa shape index (κ2) is 6.81. The van der Waals surface area contributed by atoms with Crippen molar-refractivity contribution in [1.29, 1.82) is 0 Å². The lowest BCUT2D eigenvalue weighted by Crippen LogP contribution is -2.15. The normalized spacial score (nSPS) is 10.1. The summed E-state index contributed by atoms with van der Waals surface area (Å²) in [5.74, 6) is -1.58. The third-order valence-corrected chi connectivity index (χ3v) is 3.72. The predicted molar refractivity (Wildman–Crippen MR) is 79.9 cm³/mol. The van der Waals surface area contributed by atoms with Gasteiger partial charge in [0.05, 0.1) is 16.1 Å². The molecule has 0 saturated carbocycles. The molecular weight excluding hydrogens is 290 g/mol. The third-order valence-electron chi connectivity index (χ3n) is 2.81. The average Bonchev–Trinajstić information content (AvgIpc) is 2.99. The van der Waals surface area contributed by atoms with Gasteiger partial charge in [-0.25, -0.2) is 4.79 Å². The van der Waals surface area contributed by atoms with E-state index in [2.05, 4.69) is 5.32 Å². The topological polar surface area (TPSA) is 83.5 Å². The maximum Gasteiger partial charge on any atom is 0.337 e. The number of hydrogen-bond acceptors (Lipinski definition) is 4. The molecule has 6 heteroatoms. The number of aromatic carboxylic acids is 1. The number of rotatable bonds is 6. The Morgan fingerprint density at radius 1 is 1.05 bits per heavy atom. The zero-order valence-corrected chi connectivity index (χ0v) is 11.9. The molecule has 2 rings (SSSR count). The van der Waals surface area contributed by atoms with Crippen molar-refractivity contribution in [1.82, 2.24) is 0 Å². The number of thiophene rings is 1. The van der Waals surface area contributed by atoms with Gasteiger partial charge in [0.25, 0.3) is 0 Å². The summed E-state index contributed by atoms with van der Waals surface area (Å²) in [5, 5.41) is 13.3. The SMILES string of the molecule is O=C(CCC(=O)c1cccs1)Nc1ccccc1C(=O)O. The fourth-order valence-corrected chi connectivity index (χ4v) is 2.47. The lowest BCUT2D eigenvalue weighted by molar-refractivity contribution is -0.116. The Bertz CT molecular complexity index is 664. The molecule has 0 aliphatic rings. The van der Waals surface area contributed by atoms with Crippen LogP contribution in [0.2, 0.25) is 0 Å². The number of hydrogen-bond donors (Lipinski definition) is 2. The van der Waals surface area contributed by atoms with E-state index in [1.807, 2.05) is 0 Å². The van der Waals surface area contributed by atoms with Gasteiger partial charge in [0.1, 0.15) is 0 Å². The molecule has 1 aromatic heterocycles. The summed E-state index contributed by atoms with van der Waals surface area (Å²) < 4.78 is 0. The smallest absolute Gasteiger partial charge is 0.337 e. The van der Waals surface area contributed by atoms with Crippen LogP contribution < -0.4 is 5.32 Å². The minimum absolute atomic E-state index is 0.0185. The van der Waals surface area contributed by atoms with Gasteiger partial charge in [-0.3, -0.25) is 9.59 Å². The highest BCUT2D eigenvalue weighted by Gasteiger charge is 2.13. The highest BCUT2D eigenvalue weighted by Crippen LogP contribution is 2.16. The van der Waals surface area contributed by atoms with E-state index in [-0.39, 0.29) is 35.8 Å². The molecule has 2 N–H and O–H groups in total. The van der Waals surface area contributed by atoms with Gasteiger partial charge in [0, 0.05) is 12.8 Å². The zero-order chi connectivity index (χ0) is 15.2. The summed E-state index contributed by atoms with van der Waals surface area (Å²) in [5.41, 5.74) is 0.258. The molecule has 0 spiro atoms. The maximum absolute atomic E-state index is 11.8. The number of anilines is 1. The first-order chi connectivity index (χ1) is 10.1. The van der Waals surface area contributed by atoms with E-state index in [0.717, 1.165) is 0 Å². The molecule has 0 aliphatic heterocycles. The number of carboxylic acids is 1. The van der Waals surface area contributed by atoms with Gasteiger partial charge >= 0.3 is 5.97 Å². The second-order valence-electron chi connectivity index (χ2n) is 4.30. The number of carboxylic acid groups (broad SMARTS) is 1. The van der Waals surface area contributed by atoms with Crippen molar-refractivity contribution in [2.75, 3.05) is 5.32 Å². The molecule has 1 amide bonds. The quantitative estimate of drug-likeness (QED) is 0.803. The number of Topliss-reactive ketones (excluding diaryl/α,β-unsaturated/α-hetero) is 1. The molecule has 0 atom stereocenters. The van der Waals surface area contributed by atoms with E-state index in [4.69, 9.17) is 5.11 Å². The van der Waals surface area contributed by atoms with Crippen molar-refractivity contribution in [3.63, 3.8) is 0 Å². The van der Waals surface area contributed by atoms with E-state index in [0.29, 0.717) is 4.88 Å². The largest absolute Gasteiger partial charge is 0.478 e. The van der Waals surface area contributed by atoms with E-state index in [1.54, 1.807) is 29.6 Å². The molecule has 21 heavy (non-hydrogen) atoms. The summed E-state index contributed by atoms with van der Waals surface area (Å²) >= 11 is 1.33. The van der Waals surface area contributed by atoms with Crippen LogP contribution in [0.3, 0.4) is 0 Å². The third kappa shape index (κ3) is 4.00. The minimum atomic E-state index is -1.11. The Morgan fingerprint density at radius 2 is 1.81 bits per heavy atom. The number of carbonyl (C=O) groups is 3. The average molecular weight is 303 g/mol. The Morgan fingerprint density at radius 3 is 2.48 bits per heavy atom. The van der Waals surface area contributed by atoms with Crippen LogP contribution in [0.4, 0.5) is 5.69 Å². The predicted octanol–water partition coefficient (Wildman–Crippen LogP) is 3.05. The van der Waals surface area contributed by atoms with E-state index < -0.39 is 5.97 Å². The Kier molecular flexibility index (Phi) is 4.84. The number of carbonyl (C=O) groups excluding carboxylic acids is 2. The minimum Gasteiger partial charge on any atom is -0.478 e. The fraction of sp³-hybridized carbons (Fsp3) is 0.133. The van der Waals surface area contributed by atoms with Crippen LogP contribution in [0.25, 0.3) is 0 Å². The van der Waals surface area contributed by atoms with Crippen LogP contribution in [-0.4, -0.2) is 22.8 Å². The molecular formula is C15H13NO4S. The highest BCUT2D eigenvalue weighted by atomic mass is 32.1. The van der Waals surface area contributed by atoms with Gasteiger partial charge in [0.2, 0.25) is 5.91 Å². The van der Waals surface area contributed by atoms with Crippen molar-refractivity contribution in [2.45, 2.75) is 12.8 Å². The number of nitrogens with one attached hydrogen (secondary N) is 1. The van der Waals surface area contributed by atoms with Gasteiger partial charge < -0.3 is 10.4 Å². The monoisotopic (exact) mass is 303 g/mol.